The fourth-order valence-corrected chi connectivity index (χ4v) is 2.40. The molecule has 26 heavy (non-hydrogen) atoms. The molecule has 0 spiro atoms. The summed E-state index contributed by atoms with van der Waals surface area (Å²) in [6.45, 7) is 0.787. The van der Waals surface area contributed by atoms with E-state index < -0.39 is 0 Å². The number of hydrogen-bond donors (Lipinski definition) is 2. The van der Waals surface area contributed by atoms with Crippen LogP contribution in [0.25, 0.3) is 0 Å². The zero-order valence-corrected chi connectivity index (χ0v) is 14.5. The van der Waals surface area contributed by atoms with Crippen molar-refractivity contribution >= 4 is 17.4 Å². The van der Waals surface area contributed by atoms with Crippen LogP contribution in [0.5, 0.6) is 5.75 Å². The second-order valence-corrected chi connectivity index (χ2v) is 5.65. The summed E-state index contributed by atoms with van der Waals surface area (Å²) < 4.78 is 5.15. The van der Waals surface area contributed by atoms with Gasteiger partial charge in [0.15, 0.2) is 0 Å². The van der Waals surface area contributed by atoms with Crippen molar-refractivity contribution in [2.75, 3.05) is 24.3 Å². The van der Waals surface area contributed by atoms with Crippen LogP contribution in [0.2, 0.25) is 0 Å². The number of ether oxygens (including phenoxy) is 1. The van der Waals surface area contributed by atoms with Crippen molar-refractivity contribution in [3.8, 4) is 5.75 Å². The van der Waals surface area contributed by atoms with Gasteiger partial charge in [-0.15, -0.1) is 0 Å². The second kappa shape index (κ2) is 8.62. The molecule has 132 valence electrons. The maximum Gasteiger partial charge on any atom is 0.258 e. The normalized spacial score (nSPS) is 10.2. The number of amides is 1. The first-order chi connectivity index (χ1) is 12.7. The van der Waals surface area contributed by atoms with Gasteiger partial charge in [0, 0.05) is 18.9 Å². The van der Waals surface area contributed by atoms with Crippen LogP contribution in [0.15, 0.2) is 67.1 Å². The summed E-state index contributed by atoms with van der Waals surface area (Å²) in [4.78, 5) is 20.3. The van der Waals surface area contributed by atoms with Gasteiger partial charge in [0.25, 0.3) is 5.91 Å². The van der Waals surface area contributed by atoms with Crippen LogP contribution in [-0.4, -0.2) is 29.5 Å². The van der Waals surface area contributed by atoms with Gasteiger partial charge in [-0.2, -0.15) is 0 Å². The molecule has 0 fully saturated rings. The lowest BCUT2D eigenvalue weighted by Gasteiger charge is -2.08. The highest BCUT2D eigenvalue weighted by molar-refractivity contribution is 6.03. The van der Waals surface area contributed by atoms with E-state index in [0.717, 1.165) is 24.4 Å². The van der Waals surface area contributed by atoms with Crippen molar-refractivity contribution in [3.05, 3.63) is 78.2 Å². The molecular weight excluding hydrogens is 328 g/mol. The average Bonchev–Trinajstić information content (AvgIpc) is 2.70. The summed E-state index contributed by atoms with van der Waals surface area (Å²) in [5.74, 6) is 1.13. The first-order valence-electron chi connectivity index (χ1n) is 8.29. The van der Waals surface area contributed by atoms with Gasteiger partial charge in [0.2, 0.25) is 0 Å². The van der Waals surface area contributed by atoms with E-state index in [4.69, 9.17) is 4.74 Å². The minimum Gasteiger partial charge on any atom is -0.497 e. The highest BCUT2D eigenvalue weighted by Gasteiger charge is 2.06. The van der Waals surface area contributed by atoms with Gasteiger partial charge in [-0.1, -0.05) is 12.1 Å². The monoisotopic (exact) mass is 348 g/mol. The number of benzene rings is 1. The number of hydrogen-bond acceptors (Lipinski definition) is 5. The zero-order valence-electron chi connectivity index (χ0n) is 14.5. The topological polar surface area (TPSA) is 76.1 Å². The molecule has 3 aromatic rings. The number of anilines is 2. The summed E-state index contributed by atoms with van der Waals surface area (Å²) in [5, 5.41) is 6.07. The Bertz CT molecular complexity index is 834. The van der Waals surface area contributed by atoms with Gasteiger partial charge in [-0.05, 0) is 48.4 Å². The summed E-state index contributed by atoms with van der Waals surface area (Å²) in [7, 11) is 1.66. The molecule has 1 aromatic carbocycles. The molecule has 0 aliphatic rings. The van der Waals surface area contributed by atoms with Crippen molar-refractivity contribution in [1.29, 1.82) is 0 Å². The molecule has 2 N–H and O–H groups in total. The molecule has 1 amide bonds. The number of carbonyl (C=O) groups excluding carboxylic acids is 1. The molecule has 0 aliphatic carbocycles. The number of pyridine rings is 2. The molecule has 2 aromatic heterocycles. The van der Waals surface area contributed by atoms with Gasteiger partial charge >= 0.3 is 0 Å². The van der Waals surface area contributed by atoms with Crippen molar-refractivity contribution in [2.24, 2.45) is 0 Å². The Balaban J connectivity index is 1.48. The zero-order chi connectivity index (χ0) is 18.2. The minimum atomic E-state index is -0.231. The molecule has 0 saturated heterocycles. The number of carbonyl (C=O) groups is 1. The largest absolute Gasteiger partial charge is 0.497 e. The van der Waals surface area contributed by atoms with Crippen LogP contribution in [0.4, 0.5) is 11.5 Å². The third kappa shape index (κ3) is 4.80. The molecule has 0 radical (unpaired) electrons. The van der Waals surface area contributed by atoms with Crippen LogP contribution in [0.3, 0.4) is 0 Å². The lowest BCUT2D eigenvalue weighted by Crippen LogP contribution is -2.13. The highest BCUT2D eigenvalue weighted by Crippen LogP contribution is 2.13. The van der Waals surface area contributed by atoms with Crippen molar-refractivity contribution in [3.63, 3.8) is 0 Å². The van der Waals surface area contributed by atoms with E-state index in [1.165, 1.54) is 11.8 Å². The van der Waals surface area contributed by atoms with E-state index >= 15 is 0 Å². The van der Waals surface area contributed by atoms with Crippen LogP contribution < -0.4 is 15.4 Å². The van der Waals surface area contributed by atoms with Gasteiger partial charge in [0.05, 0.1) is 24.6 Å². The SMILES string of the molecule is COc1ccc(CCNc2ccc(NC(=O)c3cccnc3)nc2)cc1. The molecule has 6 heteroatoms. The Hall–Kier alpha value is -3.41. The van der Waals surface area contributed by atoms with E-state index in [2.05, 4.69) is 32.7 Å². The third-order valence-corrected chi connectivity index (χ3v) is 3.83. The van der Waals surface area contributed by atoms with Gasteiger partial charge in [-0.25, -0.2) is 4.98 Å². The van der Waals surface area contributed by atoms with Crippen LogP contribution in [0.1, 0.15) is 15.9 Å². The van der Waals surface area contributed by atoms with E-state index in [1.54, 1.807) is 37.7 Å². The molecule has 2 heterocycles. The molecule has 3 rings (SSSR count). The molecule has 0 saturated carbocycles. The first-order valence-corrected chi connectivity index (χ1v) is 8.29. The summed E-state index contributed by atoms with van der Waals surface area (Å²) >= 11 is 0. The number of nitrogens with one attached hydrogen (secondary N) is 2. The number of rotatable bonds is 7. The van der Waals surface area contributed by atoms with Crippen LogP contribution in [-0.2, 0) is 6.42 Å². The van der Waals surface area contributed by atoms with Gasteiger partial charge in [0.1, 0.15) is 11.6 Å². The van der Waals surface area contributed by atoms with E-state index in [9.17, 15) is 4.79 Å². The number of aromatic nitrogens is 2. The van der Waals surface area contributed by atoms with Crippen LogP contribution >= 0.6 is 0 Å². The maximum absolute atomic E-state index is 12.1. The quantitative estimate of drug-likeness (QED) is 0.684. The lowest BCUT2D eigenvalue weighted by molar-refractivity contribution is 0.102. The fraction of sp³-hybridized carbons (Fsp3) is 0.150. The number of nitrogens with zero attached hydrogens (tertiary/aromatic N) is 2. The Morgan fingerprint density at radius 2 is 1.92 bits per heavy atom. The fourth-order valence-electron chi connectivity index (χ4n) is 2.40. The predicted molar refractivity (Wildman–Crippen MR) is 102 cm³/mol. The van der Waals surface area contributed by atoms with E-state index in [-0.39, 0.29) is 5.91 Å². The summed E-state index contributed by atoms with van der Waals surface area (Å²) in [5.41, 5.74) is 2.63. The molecule has 0 unspecified atom stereocenters. The van der Waals surface area contributed by atoms with Crippen molar-refractivity contribution < 1.29 is 9.53 Å². The maximum atomic E-state index is 12.1. The minimum absolute atomic E-state index is 0.231. The van der Waals surface area contributed by atoms with Gasteiger partial charge in [-0.3, -0.25) is 9.78 Å². The molecule has 6 nitrogen and oxygen atoms in total. The van der Waals surface area contributed by atoms with Crippen LogP contribution in [0, 0.1) is 0 Å². The Labute approximate surface area is 152 Å². The standard InChI is InChI=1S/C20H20N4O2/c1-26-18-7-4-15(5-8-18)10-12-22-17-6-9-19(23-14-17)24-20(25)16-3-2-11-21-13-16/h2-9,11,13-14,22H,10,12H2,1H3,(H,23,24,25). The molecule has 0 bridgehead atoms. The van der Waals surface area contributed by atoms with E-state index in [1.807, 2.05) is 18.2 Å². The Morgan fingerprint density at radius 3 is 2.58 bits per heavy atom. The van der Waals surface area contributed by atoms with E-state index in [0.29, 0.717) is 11.4 Å². The Morgan fingerprint density at radius 1 is 1.08 bits per heavy atom. The third-order valence-electron chi connectivity index (χ3n) is 3.83. The number of methoxy groups -OCH3 is 1. The second-order valence-electron chi connectivity index (χ2n) is 5.65. The summed E-state index contributed by atoms with van der Waals surface area (Å²) in [6, 6.07) is 15.1. The molecule has 0 atom stereocenters. The predicted octanol–water partition coefficient (Wildman–Crippen LogP) is 3.39. The highest BCUT2D eigenvalue weighted by atomic mass is 16.5. The first kappa shape index (κ1) is 17.4. The molecule has 0 aliphatic heterocycles. The smallest absolute Gasteiger partial charge is 0.258 e. The van der Waals surface area contributed by atoms with Gasteiger partial charge < -0.3 is 15.4 Å². The lowest BCUT2D eigenvalue weighted by atomic mass is 10.1. The Kier molecular flexibility index (Phi) is 5.77. The summed E-state index contributed by atoms with van der Waals surface area (Å²) in [6.07, 6.45) is 5.74. The average molecular weight is 348 g/mol. The van der Waals surface area contributed by atoms with Crippen molar-refractivity contribution in [1.82, 2.24) is 9.97 Å². The molecular formula is C20H20N4O2. The van der Waals surface area contributed by atoms with Crippen molar-refractivity contribution in [2.45, 2.75) is 6.42 Å².